The molecule has 1 aromatic carbocycles. The highest BCUT2D eigenvalue weighted by atomic mass is 19.1. The lowest BCUT2D eigenvalue weighted by Crippen LogP contribution is -2.38. The van der Waals surface area contributed by atoms with Crippen LogP contribution in [0.2, 0.25) is 0 Å². The SMILES string of the molecule is Cc1cc(CNc2ccc(C(=O)NNc3ncc(F)c(N4CCOCC4)n3)nc2)cc(-c2ccco2)c1. The van der Waals surface area contributed by atoms with Crippen LogP contribution in [-0.4, -0.2) is 47.2 Å². The fraction of sp³-hybridized carbons (Fsp3) is 0.231. The molecule has 190 valence electrons. The highest BCUT2D eigenvalue weighted by molar-refractivity contribution is 5.93. The van der Waals surface area contributed by atoms with Gasteiger partial charge in [-0.15, -0.1) is 0 Å². The summed E-state index contributed by atoms with van der Waals surface area (Å²) in [4.78, 5) is 26.6. The van der Waals surface area contributed by atoms with Crippen molar-refractivity contribution in [2.45, 2.75) is 13.5 Å². The summed E-state index contributed by atoms with van der Waals surface area (Å²) in [6.45, 7) is 4.67. The molecule has 11 heteroatoms. The van der Waals surface area contributed by atoms with E-state index in [2.05, 4.69) is 49.3 Å². The Morgan fingerprint density at radius 3 is 2.73 bits per heavy atom. The molecule has 0 bridgehead atoms. The Morgan fingerprint density at radius 2 is 1.97 bits per heavy atom. The van der Waals surface area contributed by atoms with Crippen molar-refractivity contribution in [3.8, 4) is 11.3 Å². The minimum absolute atomic E-state index is 0.0709. The van der Waals surface area contributed by atoms with Crippen LogP contribution < -0.4 is 21.1 Å². The molecule has 3 aromatic heterocycles. The normalized spacial score (nSPS) is 13.3. The fourth-order valence-corrected chi connectivity index (χ4v) is 3.98. The average molecular weight is 504 g/mol. The topological polar surface area (TPSA) is 117 Å². The number of halogens is 1. The smallest absolute Gasteiger partial charge is 0.288 e. The molecule has 0 radical (unpaired) electrons. The Bertz CT molecular complexity index is 1360. The van der Waals surface area contributed by atoms with Crippen molar-refractivity contribution in [1.29, 1.82) is 0 Å². The third-order valence-corrected chi connectivity index (χ3v) is 5.76. The number of rotatable bonds is 8. The molecule has 1 amide bonds. The number of hydrogen-bond donors (Lipinski definition) is 3. The number of ether oxygens (including phenoxy) is 1. The fourth-order valence-electron chi connectivity index (χ4n) is 3.98. The molecule has 1 aliphatic heterocycles. The predicted octanol–water partition coefficient (Wildman–Crippen LogP) is 3.78. The van der Waals surface area contributed by atoms with Crippen LogP contribution in [0.3, 0.4) is 0 Å². The van der Waals surface area contributed by atoms with Gasteiger partial charge in [0.15, 0.2) is 11.6 Å². The molecular formula is C26H26FN7O3. The second-order valence-corrected chi connectivity index (χ2v) is 8.51. The second kappa shape index (κ2) is 11.0. The van der Waals surface area contributed by atoms with Crippen molar-refractivity contribution in [3.63, 3.8) is 0 Å². The van der Waals surface area contributed by atoms with Gasteiger partial charge in [0, 0.05) is 25.2 Å². The van der Waals surface area contributed by atoms with Gasteiger partial charge < -0.3 is 19.4 Å². The maximum Gasteiger partial charge on any atom is 0.288 e. The van der Waals surface area contributed by atoms with Crippen LogP contribution >= 0.6 is 0 Å². The molecule has 0 aliphatic carbocycles. The number of benzene rings is 1. The van der Waals surface area contributed by atoms with Crippen molar-refractivity contribution < 1.29 is 18.3 Å². The van der Waals surface area contributed by atoms with Gasteiger partial charge in [-0.25, -0.2) is 14.4 Å². The molecule has 0 saturated carbocycles. The summed E-state index contributed by atoms with van der Waals surface area (Å²) in [5.41, 5.74) is 9.32. The summed E-state index contributed by atoms with van der Waals surface area (Å²) in [6, 6.07) is 13.4. The highest BCUT2D eigenvalue weighted by Gasteiger charge is 2.18. The van der Waals surface area contributed by atoms with Gasteiger partial charge in [0.25, 0.3) is 5.91 Å². The number of hydrogen-bond acceptors (Lipinski definition) is 9. The van der Waals surface area contributed by atoms with Crippen LogP contribution in [0.15, 0.2) is 65.5 Å². The summed E-state index contributed by atoms with van der Waals surface area (Å²) in [6.07, 6.45) is 4.31. The maximum absolute atomic E-state index is 14.2. The van der Waals surface area contributed by atoms with Crippen molar-refractivity contribution >= 4 is 23.4 Å². The summed E-state index contributed by atoms with van der Waals surface area (Å²) < 4.78 is 25.0. The van der Waals surface area contributed by atoms with Crippen molar-refractivity contribution in [1.82, 2.24) is 20.4 Å². The van der Waals surface area contributed by atoms with E-state index in [1.54, 1.807) is 29.5 Å². The number of carbonyl (C=O) groups is 1. The first-order valence-corrected chi connectivity index (χ1v) is 11.8. The first-order chi connectivity index (χ1) is 18.0. The Balaban J connectivity index is 1.16. The highest BCUT2D eigenvalue weighted by Crippen LogP contribution is 2.23. The van der Waals surface area contributed by atoms with Gasteiger partial charge in [0.1, 0.15) is 11.5 Å². The van der Waals surface area contributed by atoms with E-state index in [0.29, 0.717) is 32.8 Å². The first-order valence-electron chi connectivity index (χ1n) is 11.8. The molecule has 37 heavy (non-hydrogen) atoms. The summed E-state index contributed by atoms with van der Waals surface area (Å²) in [5.74, 6) is 0.0367. The maximum atomic E-state index is 14.2. The van der Waals surface area contributed by atoms with Gasteiger partial charge in [-0.3, -0.25) is 15.6 Å². The van der Waals surface area contributed by atoms with Crippen molar-refractivity contribution in [3.05, 3.63) is 83.8 Å². The summed E-state index contributed by atoms with van der Waals surface area (Å²) >= 11 is 0. The minimum atomic E-state index is -0.536. The number of carbonyl (C=O) groups excluding carboxylic acids is 1. The van der Waals surface area contributed by atoms with Crippen LogP contribution in [0.1, 0.15) is 21.6 Å². The van der Waals surface area contributed by atoms with Gasteiger partial charge in [0.05, 0.1) is 37.6 Å². The Hall–Kier alpha value is -4.51. The molecule has 4 aromatic rings. The van der Waals surface area contributed by atoms with Crippen LogP contribution in [0.4, 0.5) is 21.8 Å². The van der Waals surface area contributed by atoms with Gasteiger partial charge in [-0.05, 0) is 48.9 Å². The van der Waals surface area contributed by atoms with Crippen LogP contribution in [0, 0.1) is 12.7 Å². The van der Waals surface area contributed by atoms with E-state index in [-0.39, 0.29) is 17.5 Å². The van der Waals surface area contributed by atoms with E-state index in [1.807, 2.05) is 19.1 Å². The van der Waals surface area contributed by atoms with E-state index in [4.69, 9.17) is 9.15 Å². The van der Waals surface area contributed by atoms with Crippen molar-refractivity contribution in [2.75, 3.05) is 41.9 Å². The van der Waals surface area contributed by atoms with Gasteiger partial charge in [-0.2, -0.15) is 4.98 Å². The molecule has 5 rings (SSSR count). The zero-order chi connectivity index (χ0) is 25.6. The number of hydrazine groups is 1. The molecule has 3 N–H and O–H groups in total. The number of anilines is 3. The number of aryl methyl sites for hydroxylation is 1. The van der Waals surface area contributed by atoms with E-state index >= 15 is 0 Å². The first kappa shape index (κ1) is 24.2. The predicted molar refractivity (Wildman–Crippen MR) is 137 cm³/mol. The number of nitrogens with zero attached hydrogens (tertiary/aromatic N) is 4. The Labute approximate surface area is 212 Å². The van der Waals surface area contributed by atoms with Gasteiger partial charge >= 0.3 is 0 Å². The van der Waals surface area contributed by atoms with E-state index in [0.717, 1.165) is 34.3 Å². The molecule has 1 saturated heterocycles. The average Bonchev–Trinajstić information content (AvgIpc) is 3.47. The number of pyridine rings is 1. The Kier molecular flexibility index (Phi) is 7.22. The molecule has 0 atom stereocenters. The van der Waals surface area contributed by atoms with Crippen LogP contribution in [0.25, 0.3) is 11.3 Å². The number of morpholine rings is 1. The molecule has 10 nitrogen and oxygen atoms in total. The lowest BCUT2D eigenvalue weighted by Gasteiger charge is -2.28. The van der Waals surface area contributed by atoms with Crippen LogP contribution in [-0.2, 0) is 11.3 Å². The van der Waals surface area contributed by atoms with Gasteiger partial charge in [-0.1, -0.05) is 11.6 Å². The third-order valence-electron chi connectivity index (χ3n) is 5.76. The standard InChI is InChI=1S/C26H26FN7O3/c1-17-11-18(13-19(12-17)23-3-2-8-37-23)14-28-20-4-5-22(29-15-20)25(35)32-33-26-30-16-21(27)24(31-26)34-6-9-36-10-7-34/h2-5,8,11-13,15-16,28H,6-7,9-10,14H2,1H3,(H,32,35)(H,30,31,33). The molecule has 0 spiro atoms. The van der Waals surface area contributed by atoms with E-state index in [9.17, 15) is 9.18 Å². The molecule has 4 heterocycles. The second-order valence-electron chi connectivity index (χ2n) is 8.51. The van der Waals surface area contributed by atoms with E-state index in [1.165, 1.54) is 0 Å². The zero-order valence-electron chi connectivity index (χ0n) is 20.2. The number of aromatic nitrogens is 3. The van der Waals surface area contributed by atoms with Gasteiger partial charge in [0.2, 0.25) is 5.95 Å². The zero-order valence-corrected chi connectivity index (χ0v) is 20.2. The minimum Gasteiger partial charge on any atom is -0.464 e. The molecule has 1 fully saturated rings. The quantitative estimate of drug-likeness (QED) is 0.309. The number of furan rings is 1. The molecule has 0 unspecified atom stereocenters. The van der Waals surface area contributed by atoms with E-state index < -0.39 is 11.7 Å². The lowest BCUT2D eigenvalue weighted by molar-refractivity contribution is 0.0957. The summed E-state index contributed by atoms with van der Waals surface area (Å²) in [5, 5.41) is 3.32. The lowest BCUT2D eigenvalue weighted by atomic mass is 10.0. The molecular weight excluding hydrogens is 477 g/mol. The monoisotopic (exact) mass is 503 g/mol. The molecule has 1 aliphatic rings. The number of amides is 1. The largest absolute Gasteiger partial charge is 0.464 e. The van der Waals surface area contributed by atoms with Crippen LogP contribution in [0.5, 0.6) is 0 Å². The number of nitrogens with one attached hydrogen (secondary N) is 3. The Morgan fingerprint density at radius 1 is 1.11 bits per heavy atom. The third kappa shape index (κ3) is 6.01. The summed E-state index contributed by atoms with van der Waals surface area (Å²) in [7, 11) is 0. The van der Waals surface area contributed by atoms with Crippen molar-refractivity contribution in [2.24, 2.45) is 0 Å².